The number of benzene rings is 1. The van der Waals surface area contributed by atoms with Gasteiger partial charge >= 0.3 is 0 Å². The molecule has 2 aliphatic rings. The van der Waals surface area contributed by atoms with Crippen molar-refractivity contribution in [3.63, 3.8) is 0 Å². The van der Waals surface area contributed by atoms with Crippen LogP contribution in [-0.2, 0) is 39.9 Å². The van der Waals surface area contributed by atoms with Gasteiger partial charge in [-0.3, -0.25) is 38.5 Å². The van der Waals surface area contributed by atoms with E-state index in [-0.39, 0.29) is 110 Å². The average Bonchev–Trinajstić information content (AvgIpc) is 3.96. The Morgan fingerprint density at radius 1 is 1.01 bits per heavy atom. The molecule has 15 nitrogen and oxygen atoms in total. The second kappa shape index (κ2) is 28.7. The van der Waals surface area contributed by atoms with Crippen molar-refractivity contribution in [2.45, 2.75) is 142 Å². The summed E-state index contributed by atoms with van der Waals surface area (Å²) in [6.07, 6.45) is 9.39. The summed E-state index contributed by atoms with van der Waals surface area (Å²) in [5.74, 6) is -2.38. The van der Waals surface area contributed by atoms with Crippen LogP contribution in [0.2, 0.25) is 0 Å². The van der Waals surface area contributed by atoms with Gasteiger partial charge in [-0.2, -0.15) is 0 Å². The second-order valence-electron chi connectivity index (χ2n) is 19.3. The number of unbranched alkanes of at least 4 members (excludes halogenated alkanes) is 1. The SMILES string of the molecule is C=C1C=CC(=O)N1CCC(=O)CCCNC(=O)[C@H](CCCCN)CC(=O)[C@H](Cc1ccccc1)NC(=O)c1csc([C@@H](C[C@H](C(C)C)N(C)C(=O)[C@@H](CC(=O)[C@H]2CCCCN2C)[C@@H](C)CC)OC)n1. The van der Waals surface area contributed by atoms with Crippen molar-refractivity contribution in [3.05, 3.63) is 76.4 Å². The van der Waals surface area contributed by atoms with Gasteiger partial charge in [-0.25, -0.2) is 4.98 Å². The van der Waals surface area contributed by atoms with Crippen LogP contribution in [0.3, 0.4) is 0 Å². The van der Waals surface area contributed by atoms with Crippen molar-refractivity contribution in [2.24, 2.45) is 29.4 Å². The van der Waals surface area contributed by atoms with Gasteiger partial charge < -0.3 is 30.9 Å². The van der Waals surface area contributed by atoms with E-state index in [9.17, 15) is 33.6 Å². The van der Waals surface area contributed by atoms with Gasteiger partial charge in [0.1, 0.15) is 22.6 Å². The van der Waals surface area contributed by atoms with Gasteiger partial charge in [0, 0.05) is 94.4 Å². The van der Waals surface area contributed by atoms with Crippen LogP contribution in [0.4, 0.5) is 0 Å². The van der Waals surface area contributed by atoms with E-state index in [1.54, 1.807) is 23.5 Å². The number of nitrogens with two attached hydrogens (primary N) is 1. The van der Waals surface area contributed by atoms with E-state index in [0.29, 0.717) is 49.4 Å². The predicted molar refractivity (Wildman–Crippen MR) is 270 cm³/mol. The number of aromatic nitrogens is 1. The highest BCUT2D eigenvalue weighted by atomic mass is 32.1. The molecule has 1 saturated heterocycles. The molecule has 1 fully saturated rings. The minimum atomic E-state index is -0.965. The largest absolute Gasteiger partial charge is 0.374 e. The number of hydrogen-bond acceptors (Lipinski definition) is 12. The summed E-state index contributed by atoms with van der Waals surface area (Å²) in [4.78, 5) is 105. The van der Waals surface area contributed by atoms with Gasteiger partial charge in [0.05, 0.1) is 12.1 Å². The van der Waals surface area contributed by atoms with Crippen molar-refractivity contribution in [1.29, 1.82) is 0 Å². The molecule has 0 saturated carbocycles. The molecule has 3 heterocycles. The van der Waals surface area contributed by atoms with Crippen LogP contribution in [0.1, 0.15) is 138 Å². The first kappa shape index (κ1) is 56.7. The molecule has 0 bridgehead atoms. The van der Waals surface area contributed by atoms with E-state index < -0.39 is 29.9 Å². The number of likely N-dealkylation sites (tertiary alicyclic amines) is 1. The van der Waals surface area contributed by atoms with E-state index in [1.165, 1.54) is 22.3 Å². The van der Waals surface area contributed by atoms with Gasteiger partial charge in [-0.15, -0.1) is 11.3 Å². The molecule has 4 amide bonds. The fourth-order valence-electron chi connectivity index (χ4n) is 9.33. The summed E-state index contributed by atoms with van der Waals surface area (Å²) in [5, 5.41) is 8.04. The average molecular weight is 974 g/mol. The van der Waals surface area contributed by atoms with Crippen molar-refractivity contribution in [2.75, 3.05) is 47.4 Å². The van der Waals surface area contributed by atoms with E-state index in [4.69, 9.17) is 15.5 Å². The fraction of sp³-hybridized carbons (Fsp3) is 0.623. The lowest BCUT2D eigenvalue weighted by atomic mass is 9.83. The first-order chi connectivity index (χ1) is 33.0. The zero-order chi connectivity index (χ0) is 50.6. The molecule has 1 aromatic carbocycles. The van der Waals surface area contributed by atoms with E-state index in [2.05, 4.69) is 42.9 Å². The molecule has 16 heteroatoms. The monoisotopic (exact) mass is 974 g/mol. The summed E-state index contributed by atoms with van der Waals surface area (Å²) >= 11 is 1.27. The van der Waals surface area contributed by atoms with Gasteiger partial charge in [0.25, 0.3) is 11.8 Å². The lowest BCUT2D eigenvalue weighted by molar-refractivity contribution is -0.143. The highest BCUT2D eigenvalue weighted by molar-refractivity contribution is 7.09. The summed E-state index contributed by atoms with van der Waals surface area (Å²) in [6.45, 7) is 13.8. The number of nitrogens with zero attached hydrogens (tertiary/aromatic N) is 4. The maximum absolute atomic E-state index is 14.4. The third-order valence-corrected chi connectivity index (χ3v) is 14.9. The second-order valence-corrected chi connectivity index (χ2v) is 20.2. The van der Waals surface area contributed by atoms with Crippen LogP contribution in [0.25, 0.3) is 0 Å². The lowest BCUT2D eigenvalue weighted by Gasteiger charge is -2.37. The smallest absolute Gasteiger partial charge is 0.271 e. The maximum atomic E-state index is 14.4. The predicted octanol–water partition coefficient (Wildman–Crippen LogP) is 6.62. The fourth-order valence-corrected chi connectivity index (χ4v) is 10.2. The molecular weight excluding hydrogens is 895 g/mol. The third-order valence-electron chi connectivity index (χ3n) is 14.0. The molecule has 7 atom stereocenters. The van der Waals surface area contributed by atoms with E-state index in [1.807, 2.05) is 51.4 Å². The molecule has 0 radical (unpaired) electrons. The molecule has 4 N–H and O–H groups in total. The number of piperidine rings is 1. The number of methoxy groups -OCH3 is 1. The van der Waals surface area contributed by atoms with Crippen LogP contribution in [0.15, 0.2) is 60.1 Å². The number of rotatable bonds is 31. The molecule has 2 aliphatic heterocycles. The number of thiazole rings is 1. The van der Waals surface area contributed by atoms with Crippen LogP contribution < -0.4 is 16.4 Å². The standard InChI is InChI=1S/C53H79N7O8S/c1-9-36(4)41(32-47(63)44-22-14-16-28-58(44)6)53(67)59(7)45(35(2)3)33-48(68-8)52-57-43(34-69-52)51(66)56-42(30-38-18-11-10-12-19-38)46(62)31-39(20-13-15-26-54)50(65)55-27-17-21-40(61)25-29-60-37(5)23-24-49(60)64/h10-12,18-19,23-24,34-36,39,41-42,44-45,48H,5,9,13-17,20-22,25-33,54H2,1-4,6-8H3,(H,55,65)(H,56,66)/t36-,39+,41-,42-,44+,45+,48+/m0/s1. The summed E-state index contributed by atoms with van der Waals surface area (Å²) in [5.41, 5.74) is 7.29. The Kier molecular flexibility index (Phi) is 23.6. The molecule has 0 aliphatic carbocycles. The maximum Gasteiger partial charge on any atom is 0.271 e. The molecule has 4 rings (SSSR count). The number of ether oxygens (including phenoxy) is 1. The lowest BCUT2D eigenvalue weighted by Crippen LogP contribution is -2.48. The Morgan fingerprint density at radius 2 is 1.75 bits per heavy atom. The van der Waals surface area contributed by atoms with Crippen molar-refractivity contribution < 1.29 is 38.3 Å². The highest BCUT2D eigenvalue weighted by Crippen LogP contribution is 2.32. The zero-order valence-electron chi connectivity index (χ0n) is 42.2. The first-order valence-electron chi connectivity index (χ1n) is 25.0. The van der Waals surface area contributed by atoms with Crippen molar-refractivity contribution in [3.8, 4) is 0 Å². The molecule has 0 spiro atoms. The Morgan fingerprint density at radius 3 is 2.39 bits per heavy atom. The molecular formula is C53H79N7O8S. The Bertz CT molecular complexity index is 2060. The molecule has 1 aromatic heterocycles. The number of amides is 4. The summed E-state index contributed by atoms with van der Waals surface area (Å²) in [7, 11) is 5.38. The third kappa shape index (κ3) is 17.2. The number of hydrogen-bond donors (Lipinski definition) is 3. The summed E-state index contributed by atoms with van der Waals surface area (Å²) < 4.78 is 6.00. The van der Waals surface area contributed by atoms with E-state index >= 15 is 0 Å². The number of allylic oxidation sites excluding steroid dienone is 1. The minimum absolute atomic E-state index is 0.0138. The number of Topliss-reactive ketones (excluding diaryl/α,β-unsaturated/α-hetero) is 3. The van der Waals surface area contributed by atoms with E-state index in [0.717, 1.165) is 37.8 Å². The number of carbonyl (C=O) groups is 7. The zero-order valence-corrected chi connectivity index (χ0v) is 43.0. The number of nitrogens with one attached hydrogen (secondary N) is 2. The van der Waals surface area contributed by atoms with Crippen LogP contribution in [0.5, 0.6) is 0 Å². The number of ketones is 3. The quantitative estimate of drug-likeness (QED) is 0.0686. The van der Waals surface area contributed by atoms with Gasteiger partial charge in [-0.05, 0) is 82.1 Å². The Hall–Kier alpha value is -4.90. The molecule has 0 unspecified atom stereocenters. The van der Waals surface area contributed by atoms with Crippen LogP contribution in [-0.4, -0.2) is 126 Å². The molecule has 2 aromatic rings. The van der Waals surface area contributed by atoms with Gasteiger partial charge in [-0.1, -0.05) is 83.9 Å². The number of carbonyl (C=O) groups excluding carboxylic acids is 7. The van der Waals surface area contributed by atoms with Gasteiger partial charge in [0.2, 0.25) is 11.8 Å². The topological polar surface area (TPSA) is 201 Å². The normalized spacial score (nSPS) is 17.8. The molecule has 69 heavy (non-hydrogen) atoms. The minimum Gasteiger partial charge on any atom is -0.374 e. The van der Waals surface area contributed by atoms with Crippen LogP contribution >= 0.6 is 11.3 Å². The first-order valence-corrected chi connectivity index (χ1v) is 25.9. The number of likely N-dealkylation sites (N-methyl/N-ethyl adjacent to an activating group) is 1. The highest BCUT2D eigenvalue weighted by Gasteiger charge is 2.37. The molecule has 380 valence electrons. The Labute approximate surface area is 414 Å². The van der Waals surface area contributed by atoms with Crippen molar-refractivity contribution >= 4 is 52.3 Å². The van der Waals surface area contributed by atoms with Gasteiger partial charge in [0.15, 0.2) is 11.6 Å². The Balaban J connectivity index is 1.43. The summed E-state index contributed by atoms with van der Waals surface area (Å²) in [6, 6.07) is 7.97. The van der Waals surface area contributed by atoms with Crippen molar-refractivity contribution in [1.82, 2.24) is 30.3 Å². The van der Waals surface area contributed by atoms with Crippen LogP contribution in [0, 0.1) is 23.7 Å².